The summed E-state index contributed by atoms with van der Waals surface area (Å²) in [5.74, 6) is -0.528. The molecular formula is C30H29ClN2O3S. The van der Waals surface area contributed by atoms with E-state index in [-0.39, 0.29) is 16.7 Å². The van der Waals surface area contributed by atoms with Gasteiger partial charge in [0.15, 0.2) is 0 Å². The SMILES string of the molecule is CC1(C)Cc2c(-c3ccccc3)c(-c3ccc(Cl)cc3)c(CCC(=O)NS(=O)(=O)c3ccccc3)n2C1. The third-order valence-corrected chi connectivity index (χ3v) is 8.44. The Morgan fingerprint density at radius 2 is 1.49 bits per heavy atom. The Hall–Kier alpha value is -3.35. The van der Waals surface area contributed by atoms with Crippen LogP contribution >= 0.6 is 11.6 Å². The van der Waals surface area contributed by atoms with E-state index in [1.807, 2.05) is 42.5 Å². The zero-order chi connectivity index (χ0) is 26.2. The lowest BCUT2D eigenvalue weighted by Crippen LogP contribution is -2.30. The summed E-state index contributed by atoms with van der Waals surface area (Å²) < 4.78 is 29.9. The number of hydrogen-bond donors (Lipinski definition) is 1. The molecule has 0 saturated heterocycles. The van der Waals surface area contributed by atoms with Crippen LogP contribution in [0.4, 0.5) is 0 Å². The van der Waals surface area contributed by atoms with Crippen LogP contribution in [0.5, 0.6) is 0 Å². The molecule has 7 heteroatoms. The van der Waals surface area contributed by atoms with E-state index in [0.717, 1.165) is 35.3 Å². The number of fused-ring (bicyclic) bond motifs is 1. The van der Waals surface area contributed by atoms with Crippen molar-refractivity contribution >= 4 is 27.5 Å². The Kier molecular flexibility index (Phi) is 6.73. The zero-order valence-corrected chi connectivity index (χ0v) is 22.4. The van der Waals surface area contributed by atoms with Crippen molar-refractivity contribution in [3.8, 4) is 22.3 Å². The maximum Gasteiger partial charge on any atom is 0.264 e. The lowest BCUT2D eigenvalue weighted by Gasteiger charge is -2.19. The fraction of sp³-hybridized carbons (Fsp3) is 0.233. The smallest absolute Gasteiger partial charge is 0.264 e. The second kappa shape index (κ2) is 9.84. The van der Waals surface area contributed by atoms with Crippen molar-refractivity contribution in [3.05, 3.63) is 101 Å². The highest BCUT2D eigenvalue weighted by Crippen LogP contribution is 2.47. The van der Waals surface area contributed by atoms with Gasteiger partial charge in [-0.25, -0.2) is 13.1 Å². The summed E-state index contributed by atoms with van der Waals surface area (Å²) in [5, 5.41) is 0.657. The van der Waals surface area contributed by atoms with Gasteiger partial charge in [-0.1, -0.05) is 86.1 Å². The summed E-state index contributed by atoms with van der Waals surface area (Å²) in [6.45, 7) is 5.33. The highest BCUT2D eigenvalue weighted by atomic mass is 35.5. The average Bonchev–Trinajstić information content (AvgIpc) is 3.34. The van der Waals surface area contributed by atoms with Crippen LogP contribution in [0, 0.1) is 5.41 Å². The molecule has 5 rings (SSSR count). The Bertz CT molecular complexity index is 1540. The standard InChI is InChI=1S/C30H29ClN2O3S/c1-30(2)19-26-29(21-9-5-3-6-10-21)28(22-13-15-23(31)16-14-22)25(33(26)20-30)17-18-27(34)32-37(35,36)24-11-7-4-8-12-24/h3-16H,17-20H2,1-2H3,(H,32,34). The van der Waals surface area contributed by atoms with Gasteiger partial charge >= 0.3 is 0 Å². The molecule has 0 unspecified atom stereocenters. The summed E-state index contributed by atoms with van der Waals surface area (Å²) in [4.78, 5) is 13.0. The third-order valence-electron chi connectivity index (χ3n) is 6.80. The molecule has 4 aromatic rings. The molecule has 2 heterocycles. The molecule has 1 aromatic heterocycles. The summed E-state index contributed by atoms with van der Waals surface area (Å²) in [5.41, 5.74) is 6.74. The first kappa shape index (κ1) is 25.3. The molecule has 0 saturated carbocycles. The van der Waals surface area contributed by atoms with Gasteiger partial charge in [0.1, 0.15) is 0 Å². The molecule has 0 atom stereocenters. The van der Waals surface area contributed by atoms with Crippen LogP contribution in [0.2, 0.25) is 5.02 Å². The number of amides is 1. The number of benzene rings is 3. The van der Waals surface area contributed by atoms with E-state index in [0.29, 0.717) is 11.4 Å². The molecule has 0 fully saturated rings. The first-order valence-corrected chi connectivity index (χ1v) is 14.2. The van der Waals surface area contributed by atoms with Gasteiger partial charge < -0.3 is 4.57 Å². The van der Waals surface area contributed by atoms with Gasteiger partial charge in [0, 0.05) is 40.5 Å². The minimum atomic E-state index is -3.92. The first-order valence-electron chi connectivity index (χ1n) is 12.3. The second-order valence-corrected chi connectivity index (χ2v) is 12.4. The summed E-state index contributed by atoms with van der Waals surface area (Å²) in [7, 11) is -3.92. The van der Waals surface area contributed by atoms with Gasteiger partial charge in [-0.15, -0.1) is 0 Å². The van der Waals surface area contributed by atoms with Crippen LogP contribution < -0.4 is 4.72 Å². The highest BCUT2D eigenvalue weighted by molar-refractivity contribution is 7.90. The maximum atomic E-state index is 12.9. The highest BCUT2D eigenvalue weighted by Gasteiger charge is 2.36. The summed E-state index contributed by atoms with van der Waals surface area (Å²) in [6.07, 6.45) is 1.36. The molecule has 0 bridgehead atoms. The second-order valence-electron chi connectivity index (χ2n) is 10.3. The number of halogens is 1. The monoisotopic (exact) mass is 532 g/mol. The normalized spacial score (nSPS) is 14.4. The number of hydrogen-bond acceptors (Lipinski definition) is 3. The number of nitrogens with one attached hydrogen (secondary N) is 1. The Morgan fingerprint density at radius 1 is 0.892 bits per heavy atom. The van der Waals surface area contributed by atoms with Gasteiger partial charge in [0.2, 0.25) is 5.91 Å². The Balaban J connectivity index is 1.55. The van der Waals surface area contributed by atoms with Crippen molar-refractivity contribution in [1.29, 1.82) is 0 Å². The number of nitrogens with zero attached hydrogens (tertiary/aromatic N) is 1. The largest absolute Gasteiger partial charge is 0.347 e. The molecule has 1 amide bonds. The molecule has 0 radical (unpaired) electrons. The molecular weight excluding hydrogens is 504 g/mol. The number of rotatable bonds is 7. The molecule has 1 aliphatic rings. The minimum Gasteiger partial charge on any atom is -0.347 e. The predicted octanol–water partition coefficient (Wildman–Crippen LogP) is 6.50. The van der Waals surface area contributed by atoms with Crippen LogP contribution in [0.25, 0.3) is 22.3 Å². The lowest BCUT2D eigenvalue weighted by atomic mass is 9.86. The third kappa shape index (κ3) is 5.22. The first-order chi connectivity index (χ1) is 17.6. The molecule has 1 N–H and O–H groups in total. The fourth-order valence-corrected chi connectivity index (χ4v) is 6.39. The van der Waals surface area contributed by atoms with Crippen molar-refractivity contribution in [2.45, 2.75) is 44.6 Å². The van der Waals surface area contributed by atoms with Gasteiger partial charge in [-0.05, 0) is 53.6 Å². The van der Waals surface area contributed by atoms with Crippen LogP contribution in [-0.4, -0.2) is 18.9 Å². The van der Waals surface area contributed by atoms with Gasteiger partial charge in [0.25, 0.3) is 10.0 Å². The number of sulfonamides is 1. The number of aromatic nitrogens is 1. The maximum absolute atomic E-state index is 12.9. The van der Waals surface area contributed by atoms with Crippen molar-refractivity contribution in [2.75, 3.05) is 0 Å². The van der Waals surface area contributed by atoms with E-state index in [4.69, 9.17) is 11.6 Å². The molecule has 0 spiro atoms. The minimum absolute atomic E-state index is 0.0464. The molecule has 37 heavy (non-hydrogen) atoms. The van der Waals surface area contributed by atoms with E-state index in [1.54, 1.807) is 18.2 Å². The Labute approximate surface area is 223 Å². The van der Waals surface area contributed by atoms with E-state index < -0.39 is 15.9 Å². The van der Waals surface area contributed by atoms with E-state index in [1.165, 1.54) is 23.4 Å². The molecule has 3 aromatic carbocycles. The summed E-state index contributed by atoms with van der Waals surface area (Å²) >= 11 is 6.21. The molecule has 1 aliphatic heterocycles. The van der Waals surface area contributed by atoms with Gasteiger partial charge in [-0.3, -0.25) is 4.79 Å². The number of carbonyl (C=O) groups is 1. The molecule has 5 nitrogen and oxygen atoms in total. The fourth-order valence-electron chi connectivity index (χ4n) is 5.23. The summed E-state index contributed by atoms with van der Waals surface area (Å²) in [6, 6.07) is 26.0. The van der Waals surface area contributed by atoms with Crippen LogP contribution in [0.15, 0.2) is 89.8 Å². The van der Waals surface area contributed by atoms with E-state index in [2.05, 4.69) is 35.3 Å². The van der Waals surface area contributed by atoms with E-state index >= 15 is 0 Å². The predicted molar refractivity (Wildman–Crippen MR) is 148 cm³/mol. The zero-order valence-electron chi connectivity index (χ0n) is 20.9. The van der Waals surface area contributed by atoms with Crippen molar-refractivity contribution in [3.63, 3.8) is 0 Å². The molecule has 190 valence electrons. The van der Waals surface area contributed by atoms with Crippen molar-refractivity contribution < 1.29 is 13.2 Å². The van der Waals surface area contributed by atoms with Gasteiger partial charge in [-0.2, -0.15) is 0 Å². The lowest BCUT2D eigenvalue weighted by molar-refractivity contribution is -0.119. The van der Waals surface area contributed by atoms with Crippen LogP contribution in [-0.2, 0) is 34.2 Å². The average molecular weight is 533 g/mol. The van der Waals surface area contributed by atoms with Crippen LogP contribution in [0.3, 0.4) is 0 Å². The van der Waals surface area contributed by atoms with Crippen molar-refractivity contribution in [2.24, 2.45) is 5.41 Å². The van der Waals surface area contributed by atoms with Crippen molar-refractivity contribution in [1.82, 2.24) is 9.29 Å². The topological polar surface area (TPSA) is 68.2 Å². The molecule has 0 aliphatic carbocycles. The Morgan fingerprint density at radius 3 is 2.14 bits per heavy atom. The van der Waals surface area contributed by atoms with Gasteiger partial charge in [0.05, 0.1) is 4.90 Å². The van der Waals surface area contributed by atoms with E-state index in [9.17, 15) is 13.2 Å². The quantitative estimate of drug-likeness (QED) is 0.295. The van der Waals surface area contributed by atoms with Crippen LogP contribution in [0.1, 0.15) is 31.7 Å². The number of carbonyl (C=O) groups excluding carboxylic acids is 1.